The predicted octanol–water partition coefficient (Wildman–Crippen LogP) is 5.46. The molecule has 0 fully saturated rings. The molecule has 0 bridgehead atoms. The molecule has 0 aliphatic carbocycles. The standard InChI is InChI=1S/C21H25Cl2NO2/c1-15(2)26-18-9-5-16(6-10-18)4-3-13-24-21(25)12-8-17-7-11-19(22)20(23)14-17/h5-7,9-11,14-15H,3-4,8,12-13H2,1-2H3,(H,24,25). The molecule has 0 aliphatic heterocycles. The van der Waals surface area contributed by atoms with Gasteiger partial charge >= 0.3 is 0 Å². The largest absolute Gasteiger partial charge is 0.491 e. The summed E-state index contributed by atoms with van der Waals surface area (Å²) in [6.45, 7) is 4.70. The summed E-state index contributed by atoms with van der Waals surface area (Å²) in [5.74, 6) is 0.941. The molecule has 0 saturated carbocycles. The molecule has 1 N–H and O–H groups in total. The van der Waals surface area contributed by atoms with Gasteiger partial charge in [-0.05, 0) is 68.5 Å². The van der Waals surface area contributed by atoms with Crippen LogP contribution in [0.1, 0.15) is 37.8 Å². The van der Waals surface area contributed by atoms with Crippen LogP contribution >= 0.6 is 23.2 Å². The fourth-order valence-corrected chi connectivity index (χ4v) is 2.89. The molecule has 0 unspecified atom stereocenters. The van der Waals surface area contributed by atoms with Crippen molar-refractivity contribution in [3.8, 4) is 5.75 Å². The normalized spacial score (nSPS) is 10.8. The number of carbonyl (C=O) groups is 1. The van der Waals surface area contributed by atoms with Crippen LogP contribution in [0.2, 0.25) is 10.0 Å². The fraction of sp³-hybridized carbons (Fsp3) is 0.381. The molecule has 0 saturated heterocycles. The van der Waals surface area contributed by atoms with Gasteiger partial charge in [0.1, 0.15) is 5.75 Å². The summed E-state index contributed by atoms with van der Waals surface area (Å²) in [6, 6.07) is 13.6. The molecule has 2 aromatic carbocycles. The van der Waals surface area contributed by atoms with E-state index in [1.165, 1.54) is 5.56 Å². The third-order valence-corrected chi connectivity index (χ3v) is 4.62. The second-order valence-electron chi connectivity index (χ2n) is 6.51. The van der Waals surface area contributed by atoms with Gasteiger partial charge in [0.2, 0.25) is 5.91 Å². The summed E-state index contributed by atoms with van der Waals surface area (Å²) < 4.78 is 5.63. The Morgan fingerprint density at radius 2 is 1.69 bits per heavy atom. The molecule has 2 rings (SSSR count). The number of ether oxygens (including phenoxy) is 1. The zero-order valence-electron chi connectivity index (χ0n) is 15.2. The lowest BCUT2D eigenvalue weighted by molar-refractivity contribution is -0.121. The zero-order chi connectivity index (χ0) is 18.9. The van der Waals surface area contributed by atoms with Gasteiger partial charge in [0.25, 0.3) is 0 Å². The molecule has 0 radical (unpaired) electrons. The molecule has 3 nitrogen and oxygen atoms in total. The molecule has 2 aromatic rings. The van der Waals surface area contributed by atoms with E-state index in [1.54, 1.807) is 6.07 Å². The Morgan fingerprint density at radius 1 is 1.00 bits per heavy atom. The number of benzene rings is 2. The highest BCUT2D eigenvalue weighted by Gasteiger charge is 2.04. The molecule has 0 spiro atoms. The molecule has 1 amide bonds. The maximum absolute atomic E-state index is 11.9. The number of halogens is 2. The topological polar surface area (TPSA) is 38.3 Å². The van der Waals surface area contributed by atoms with E-state index < -0.39 is 0 Å². The van der Waals surface area contributed by atoms with Gasteiger partial charge in [-0.15, -0.1) is 0 Å². The minimum atomic E-state index is 0.0525. The maximum atomic E-state index is 11.9. The summed E-state index contributed by atoms with van der Waals surface area (Å²) in [4.78, 5) is 11.9. The minimum Gasteiger partial charge on any atom is -0.491 e. The number of hydrogen-bond donors (Lipinski definition) is 1. The summed E-state index contributed by atoms with van der Waals surface area (Å²) in [5.41, 5.74) is 2.25. The first-order valence-corrected chi connectivity index (χ1v) is 9.66. The maximum Gasteiger partial charge on any atom is 0.220 e. The van der Waals surface area contributed by atoms with Crippen LogP contribution in [0.5, 0.6) is 5.75 Å². The predicted molar refractivity (Wildman–Crippen MR) is 108 cm³/mol. The summed E-state index contributed by atoms with van der Waals surface area (Å²) in [7, 11) is 0. The molecular weight excluding hydrogens is 369 g/mol. The number of rotatable bonds is 9. The van der Waals surface area contributed by atoms with Crippen molar-refractivity contribution < 1.29 is 9.53 Å². The lowest BCUT2D eigenvalue weighted by atomic mass is 10.1. The summed E-state index contributed by atoms with van der Waals surface area (Å²) in [5, 5.41) is 4.02. The van der Waals surface area contributed by atoms with E-state index in [2.05, 4.69) is 17.4 Å². The summed E-state index contributed by atoms with van der Waals surface area (Å²) in [6.07, 6.45) is 3.11. The molecule has 0 aliphatic rings. The quantitative estimate of drug-likeness (QED) is 0.574. The van der Waals surface area contributed by atoms with Crippen LogP contribution in [0.15, 0.2) is 42.5 Å². The van der Waals surface area contributed by atoms with Crippen molar-refractivity contribution in [2.24, 2.45) is 0 Å². The van der Waals surface area contributed by atoms with E-state index in [0.717, 1.165) is 24.2 Å². The van der Waals surface area contributed by atoms with E-state index in [0.29, 0.717) is 29.4 Å². The Hall–Kier alpha value is -1.71. The number of carbonyl (C=O) groups excluding carboxylic acids is 1. The molecule has 5 heteroatoms. The van der Waals surface area contributed by atoms with E-state index in [9.17, 15) is 4.79 Å². The molecule has 140 valence electrons. The van der Waals surface area contributed by atoms with Crippen LogP contribution in [0.3, 0.4) is 0 Å². The van der Waals surface area contributed by atoms with Crippen LogP contribution in [-0.2, 0) is 17.6 Å². The third-order valence-electron chi connectivity index (χ3n) is 3.88. The first-order valence-electron chi connectivity index (χ1n) is 8.90. The van der Waals surface area contributed by atoms with Crippen LogP contribution in [-0.4, -0.2) is 18.6 Å². The van der Waals surface area contributed by atoms with Gasteiger partial charge in [0, 0.05) is 13.0 Å². The smallest absolute Gasteiger partial charge is 0.220 e. The molecule has 0 aromatic heterocycles. The second-order valence-corrected chi connectivity index (χ2v) is 7.33. The highest BCUT2D eigenvalue weighted by molar-refractivity contribution is 6.42. The molecule has 0 heterocycles. The lowest BCUT2D eigenvalue weighted by Crippen LogP contribution is -2.24. The van der Waals surface area contributed by atoms with Crippen LogP contribution in [0, 0.1) is 0 Å². The fourth-order valence-electron chi connectivity index (χ4n) is 2.57. The van der Waals surface area contributed by atoms with Gasteiger partial charge in [-0.25, -0.2) is 0 Å². The Morgan fingerprint density at radius 3 is 2.35 bits per heavy atom. The Labute approximate surface area is 165 Å². The van der Waals surface area contributed by atoms with E-state index in [1.807, 2.05) is 38.1 Å². The molecular formula is C21H25Cl2NO2. The van der Waals surface area contributed by atoms with Gasteiger partial charge in [0.05, 0.1) is 16.1 Å². The van der Waals surface area contributed by atoms with E-state index in [4.69, 9.17) is 27.9 Å². The van der Waals surface area contributed by atoms with Crippen molar-refractivity contribution in [1.82, 2.24) is 5.32 Å². The number of hydrogen-bond acceptors (Lipinski definition) is 2. The van der Waals surface area contributed by atoms with Gasteiger partial charge in [-0.3, -0.25) is 4.79 Å². The second kappa shape index (κ2) is 10.4. The lowest BCUT2D eigenvalue weighted by Gasteiger charge is -2.10. The van der Waals surface area contributed by atoms with Crippen LogP contribution < -0.4 is 10.1 Å². The Bertz CT molecular complexity index is 714. The van der Waals surface area contributed by atoms with Gasteiger partial charge in [-0.2, -0.15) is 0 Å². The molecule has 0 atom stereocenters. The van der Waals surface area contributed by atoms with Crippen molar-refractivity contribution in [2.75, 3.05) is 6.54 Å². The zero-order valence-corrected chi connectivity index (χ0v) is 16.7. The van der Waals surface area contributed by atoms with Crippen molar-refractivity contribution in [2.45, 2.75) is 45.6 Å². The molecule has 26 heavy (non-hydrogen) atoms. The third kappa shape index (κ3) is 7.27. The van der Waals surface area contributed by atoms with Gasteiger partial charge in [0.15, 0.2) is 0 Å². The number of nitrogens with one attached hydrogen (secondary N) is 1. The van der Waals surface area contributed by atoms with Crippen molar-refractivity contribution in [3.63, 3.8) is 0 Å². The minimum absolute atomic E-state index is 0.0525. The monoisotopic (exact) mass is 393 g/mol. The summed E-state index contributed by atoms with van der Waals surface area (Å²) >= 11 is 11.9. The number of amides is 1. The van der Waals surface area contributed by atoms with Crippen molar-refractivity contribution >= 4 is 29.1 Å². The Balaban J connectivity index is 1.64. The van der Waals surface area contributed by atoms with Crippen molar-refractivity contribution in [3.05, 3.63) is 63.6 Å². The first kappa shape index (κ1) is 20.6. The van der Waals surface area contributed by atoms with Crippen LogP contribution in [0.4, 0.5) is 0 Å². The highest BCUT2D eigenvalue weighted by Crippen LogP contribution is 2.23. The van der Waals surface area contributed by atoms with E-state index >= 15 is 0 Å². The van der Waals surface area contributed by atoms with E-state index in [-0.39, 0.29) is 12.0 Å². The Kier molecular flexibility index (Phi) is 8.27. The highest BCUT2D eigenvalue weighted by atomic mass is 35.5. The first-order chi connectivity index (χ1) is 12.4. The number of aryl methyl sites for hydroxylation is 2. The van der Waals surface area contributed by atoms with Crippen LogP contribution in [0.25, 0.3) is 0 Å². The van der Waals surface area contributed by atoms with Gasteiger partial charge < -0.3 is 10.1 Å². The average molecular weight is 394 g/mol. The average Bonchev–Trinajstić information content (AvgIpc) is 2.60. The SMILES string of the molecule is CC(C)Oc1ccc(CCCNC(=O)CCc2ccc(Cl)c(Cl)c2)cc1. The van der Waals surface area contributed by atoms with Gasteiger partial charge in [-0.1, -0.05) is 41.4 Å². The van der Waals surface area contributed by atoms with Crippen molar-refractivity contribution in [1.29, 1.82) is 0 Å².